The van der Waals surface area contributed by atoms with Gasteiger partial charge in [-0.05, 0) is 12.5 Å². The van der Waals surface area contributed by atoms with Crippen LogP contribution in [0, 0.1) is 6.92 Å². The summed E-state index contributed by atoms with van der Waals surface area (Å²) in [6.07, 6.45) is 0. The molecule has 0 aliphatic carbocycles. The first-order valence-electron chi connectivity index (χ1n) is 6.84. The Bertz CT molecular complexity index is 620. The van der Waals surface area contributed by atoms with Gasteiger partial charge in [-0.3, -0.25) is 14.6 Å². The van der Waals surface area contributed by atoms with E-state index >= 15 is 0 Å². The Kier molecular flexibility index (Phi) is 5.22. The zero-order chi connectivity index (χ0) is 13.9. The first kappa shape index (κ1) is 15.8. The van der Waals surface area contributed by atoms with Gasteiger partial charge in [0, 0.05) is 26.2 Å². The molecule has 0 radical (unpaired) electrons. The summed E-state index contributed by atoms with van der Waals surface area (Å²) in [7, 11) is 1.97. The van der Waals surface area contributed by atoms with Gasteiger partial charge in [0.05, 0.1) is 12.2 Å². The third kappa shape index (κ3) is 3.55. The van der Waals surface area contributed by atoms with E-state index in [-0.39, 0.29) is 24.0 Å². The molecule has 1 aromatic carbocycles. The maximum absolute atomic E-state index is 4.55. The van der Waals surface area contributed by atoms with E-state index in [1.807, 2.05) is 24.7 Å². The van der Waals surface area contributed by atoms with E-state index < -0.39 is 0 Å². The lowest BCUT2D eigenvalue weighted by molar-refractivity contribution is 0.743. The van der Waals surface area contributed by atoms with Crippen molar-refractivity contribution >= 4 is 35.8 Å². The molecule has 0 spiro atoms. The number of aliphatic imine (C=N–C) groups is 1. The molecule has 1 aliphatic heterocycles. The third-order valence-corrected chi connectivity index (χ3v) is 3.39. The molecule has 0 unspecified atom stereocenters. The average Bonchev–Trinajstić information content (AvgIpc) is 3.03. The lowest BCUT2D eigenvalue weighted by Crippen LogP contribution is -2.39. The quantitative estimate of drug-likeness (QED) is 0.809. The Labute approximate surface area is 142 Å². The van der Waals surface area contributed by atoms with Crippen LogP contribution in [-0.4, -0.2) is 28.8 Å². The van der Waals surface area contributed by atoms with Crippen molar-refractivity contribution in [3.63, 3.8) is 0 Å². The smallest absolute Gasteiger partial charge is 0.200 e. The monoisotopic (exact) mass is 397 g/mol. The maximum atomic E-state index is 4.55. The van der Waals surface area contributed by atoms with Crippen LogP contribution < -0.4 is 10.2 Å². The Balaban J connectivity index is 0.00000161. The zero-order valence-electron chi connectivity index (χ0n) is 12.3. The summed E-state index contributed by atoms with van der Waals surface area (Å²) in [6.45, 7) is 4.51. The Hall–Kier alpha value is -1.57. The van der Waals surface area contributed by atoms with Crippen molar-refractivity contribution in [2.45, 2.75) is 13.5 Å². The van der Waals surface area contributed by atoms with Gasteiger partial charge in [0.15, 0.2) is 5.96 Å². The van der Waals surface area contributed by atoms with Gasteiger partial charge in [-0.25, -0.2) is 0 Å². The highest BCUT2D eigenvalue weighted by Gasteiger charge is 2.21. The molecule has 3 rings (SSSR count). The van der Waals surface area contributed by atoms with E-state index in [1.165, 1.54) is 5.56 Å². The summed E-state index contributed by atoms with van der Waals surface area (Å²) in [4.78, 5) is 6.73. The fourth-order valence-corrected chi connectivity index (χ4v) is 2.45. The van der Waals surface area contributed by atoms with Gasteiger partial charge in [-0.15, -0.1) is 24.0 Å². The summed E-state index contributed by atoms with van der Waals surface area (Å²) < 4.78 is 1.90. The number of benzene rings is 1. The van der Waals surface area contributed by atoms with E-state index in [1.54, 1.807) is 0 Å². The van der Waals surface area contributed by atoms with Gasteiger partial charge in [-0.2, -0.15) is 5.10 Å². The fourth-order valence-electron chi connectivity index (χ4n) is 2.45. The Morgan fingerprint density at radius 3 is 2.67 bits per heavy atom. The Morgan fingerprint density at radius 2 is 2.00 bits per heavy atom. The van der Waals surface area contributed by atoms with Crippen LogP contribution in [-0.2, 0) is 13.6 Å². The van der Waals surface area contributed by atoms with Crippen molar-refractivity contribution in [1.82, 2.24) is 15.1 Å². The predicted molar refractivity (Wildman–Crippen MR) is 96.3 cm³/mol. The molecular weight excluding hydrogens is 377 g/mol. The summed E-state index contributed by atoms with van der Waals surface area (Å²) in [5.74, 6) is 2.01. The van der Waals surface area contributed by atoms with Crippen LogP contribution in [0.5, 0.6) is 0 Å². The molecular formula is C15H20IN5. The van der Waals surface area contributed by atoms with Gasteiger partial charge >= 0.3 is 0 Å². The number of aryl methyl sites for hydroxylation is 2. The predicted octanol–water partition coefficient (Wildman–Crippen LogP) is 2.31. The highest BCUT2D eigenvalue weighted by atomic mass is 127. The van der Waals surface area contributed by atoms with Gasteiger partial charge in [0.2, 0.25) is 0 Å². The lowest BCUT2D eigenvalue weighted by Gasteiger charge is -2.20. The largest absolute Gasteiger partial charge is 0.352 e. The van der Waals surface area contributed by atoms with Crippen LogP contribution in [0.4, 0.5) is 5.82 Å². The van der Waals surface area contributed by atoms with Gasteiger partial charge in [0.1, 0.15) is 5.82 Å². The first-order chi connectivity index (χ1) is 9.74. The summed E-state index contributed by atoms with van der Waals surface area (Å²) >= 11 is 0. The summed E-state index contributed by atoms with van der Waals surface area (Å²) in [5, 5.41) is 7.82. The molecule has 112 valence electrons. The SMILES string of the molecule is Cc1cc(N2CCN=C2NCc2ccccc2)n(C)n1.I. The Morgan fingerprint density at radius 1 is 1.24 bits per heavy atom. The van der Waals surface area contributed by atoms with Crippen molar-refractivity contribution in [2.24, 2.45) is 12.0 Å². The minimum absolute atomic E-state index is 0. The molecule has 0 atom stereocenters. The average molecular weight is 397 g/mol. The minimum atomic E-state index is 0. The number of halogens is 1. The molecule has 0 bridgehead atoms. The van der Waals surface area contributed by atoms with Crippen molar-refractivity contribution in [3.05, 3.63) is 47.7 Å². The number of guanidine groups is 1. The standard InChI is InChI=1S/C15H19N5.HI/c1-12-10-14(19(2)18-12)20-9-8-16-15(20)17-11-13-6-4-3-5-7-13;/h3-7,10H,8-9,11H2,1-2H3,(H,16,17);1H. The number of anilines is 1. The van der Waals surface area contributed by atoms with Gasteiger partial charge in [-0.1, -0.05) is 30.3 Å². The highest BCUT2D eigenvalue weighted by Crippen LogP contribution is 2.17. The van der Waals surface area contributed by atoms with Crippen molar-refractivity contribution < 1.29 is 0 Å². The van der Waals surface area contributed by atoms with Crippen molar-refractivity contribution in [2.75, 3.05) is 18.0 Å². The van der Waals surface area contributed by atoms with Crippen LogP contribution in [0.1, 0.15) is 11.3 Å². The number of rotatable bonds is 3. The van der Waals surface area contributed by atoms with Crippen LogP contribution in [0.3, 0.4) is 0 Å². The number of hydrogen-bond acceptors (Lipinski definition) is 4. The molecule has 0 fully saturated rings. The van der Waals surface area contributed by atoms with E-state index in [0.717, 1.165) is 37.1 Å². The van der Waals surface area contributed by atoms with Crippen LogP contribution in [0.25, 0.3) is 0 Å². The van der Waals surface area contributed by atoms with Crippen LogP contribution >= 0.6 is 24.0 Å². The van der Waals surface area contributed by atoms with E-state index in [0.29, 0.717) is 0 Å². The van der Waals surface area contributed by atoms with Crippen LogP contribution in [0.2, 0.25) is 0 Å². The summed E-state index contributed by atoms with van der Waals surface area (Å²) in [5.41, 5.74) is 2.28. The third-order valence-electron chi connectivity index (χ3n) is 3.39. The lowest BCUT2D eigenvalue weighted by atomic mass is 10.2. The molecule has 1 aromatic heterocycles. The second-order valence-corrected chi connectivity index (χ2v) is 4.96. The molecule has 1 aliphatic rings. The zero-order valence-corrected chi connectivity index (χ0v) is 14.6. The van der Waals surface area contributed by atoms with Crippen molar-refractivity contribution in [3.8, 4) is 0 Å². The molecule has 5 nitrogen and oxygen atoms in total. The van der Waals surface area contributed by atoms with E-state index in [9.17, 15) is 0 Å². The summed E-state index contributed by atoms with van der Waals surface area (Å²) in [6, 6.07) is 12.4. The maximum Gasteiger partial charge on any atom is 0.200 e. The molecule has 2 heterocycles. The number of aromatic nitrogens is 2. The molecule has 2 aromatic rings. The van der Waals surface area contributed by atoms with E-state index in [2.05, 4.69) is 50.6 Å². The molecule has 0 saturated heterocycles. The fraction of sp³-hybridized carbons (Fsp3) is 0.333. The van der Waals surface area contributed by atoms with Gasteiger partial charge in [0.25, 0.3) is 0 Å². The second-order valence-electron chi connectivity index (χ2n) is 4.96. The minimum Gasteiger partial charge on any atom is -0.352 e. The normalized spacial score (nSPS) is 13.8. The molecule has 0 saturated carbocycles. The molecule has 6 heteroatoms. The first-order valence-corrected chi connectivity index (χ1v) is 6.84. The van der Waals surface area contributed by atoms with Crippen LogP contribution in [0.15, 0.2) is 41.4 Å². The van der Waals surface area contributed by atoms with Crippen molar-refractivity contribution in [1.29, 1.82) is 0 Å². The second kappa shape index (κ2) is 6.93. The number of hydrogen-bond donors (Lipinski definition) is 1. The highest BCUT2D eigenvalue weighted by molar-refractivity contribution is 14.0. The topological polar surface area (TPSA) is 45.5 Å². The van der Waals surface area contributed by atoms with E-state index in [4.69, 9.17) is 0 Å². The number of nitrogens with zero attached hydrogens (tertiary/aromatic N) is 4. The molecule has 0 amide bonds. The molecule has 21 heavy (non-hydrogen) atoms. The molecule has 1 N–H and O–H groups in total. The number of nitrogens with one attached hydrogen (secondary N) is 1. The van der Waals surface area contributed by atoms with Gasteiger partial charge < -0.3 is 5.32 Å².